The molecule has 0 bridgehead atoms. The van der Waals surface area contributed by atoms with E-state index in [1.165, 1.54) is 0 Å². The Morgan fingerprint density at radius 1 is 1.47 bits per heavy atom. The molecule has 2 heterocycles. The van der Waals surface area contributed by atoms with E-state index < -0.39 is 0 Å². The van der Waals surface area contributed by atoms with Crippen molar-refractivity contribution >= 4 is 38.4 Å². The molecule has 1 aliphatic heterocycles. The zero-order valence-corrected chi connectivity index (χ0v) is 12.1. The van der Waals surface area contributed by atoms with Gasteiger partial charge in [0.2, 0.25) is 5.91 Å². The summed E-state index contributed by atoms with van der Waals surface area (Å²) in [7, 11) is 1.82. The van der Waals surface area contributed by atoms with Gasteiger partial charge in [0.15, 0.2) is 0 Å². The van der Waals surface area contributed by atoms with Crippen molar-refractivity contribution < 1.29 is 4.79 Å². The minimum atomic E-state index is -0.0781. The molecular weight excluding hydrogens is 306 g/mol. The van der Waals surface area contributed by atoms with Crippen molar-refractivity contribution in [3.8, 4) is 0 Å². The number of aromatic nitrogens is 1. The van der Waals surface area contributed by atoms with Crippen LogP contribution in [0.15, 0.2) is 34.9 Å². The maximum Gasteiger partial charge on any atom is 0.244 e. The number of carbonyl (C=O) groups excluding carboxylic acids is 1. The number of benzene rings is 1. The second-order valence-electron chi connectivity index (χ2n) is 4.62. The first kappa shape index (κ1) is 12.6. The molecule has 0 spiro atoms. The van der Waals surface area contributed by atoms with Gasteiger partial charge < -0.3 is 10.2 Å². The van der Waals surface area contributed by atoms with Crippen molar-refractivity contribution in [3.05, 3.63) is 34.9 Å². The van der Waals surface area contributed by atoms with Crippen LogP contribution in [0.25, 0.3) is 10.9 Å². The molecule has 0 aliphatic carbocycles. The second kappa shape index (κ2) is 4.90. The van der Waals surface area contributed by atoms with Gasteiger partial charge in [-0.15, -0.1) is 0 Å². The SMILES string of the molecule is CNC1CCN(c2cccc3cc(Br)cnc23)C1=O. The number of nitrogens with zero attached hydrogens (tertiary/aromatic N) is 2. The highest BCUT2D eigenvalue weighted by Crippen LogP contribution is 2.29. The van der Waals surface area contributed by atoms with Crippen molar-refractivity contribution in [1.29, 1.82) is 0 Å². The summed E-state index contributed by atoms with van der Waals surface area (Å²) in [4.78, 5) is 18.5. The average molecular weight is 320 g/mol. The number of halogens is 1. The molecule has 1 atom stereocenters. The zero-order valence-electron chi connectivity index (χ0n) is 10.6. The van der Waals surface area contributed by atoms with Crippen LogP contribution in [0.3, 0.4) is 0 Å². The fraction of sp³-hybridized carbons (Fsp3) is 0.286. The quantitative estimate of drug-likeness (QED) is 0.924. The fourth-order valence-electron chi connectivity index (χ4n) is 2.52. The number of hydrogen-bond acceptors (Lipinski definition) is 3. The Morgan fingerprint density at radius 3 is 3.05 bits per heavy atom. The molecular formula is C14H14BrN3O. The third-order valence-corrected chi connectivity index (χ3v) is 3.93. The Morgan fingerprint density at radius 2 is 2.32 bits per heavy atom. The Labute approximate surface area is 119 Å². The molecule has 5 heteroatoms. The smallest absolute Gasteiger partial charge is 0.244 e. The highest BCUT2D eigenvalue weighted by molar-refractivity contribution is 9.10. The van der Waals surface area contributed by atoms with Crippen LogP contribution in [0.2, 0.25) is 0 Å². The summed E-state index contributed by atoms with van der Waals surface area (Å²) in [6.07, 6.45) is 2.60. The van der Waals surface area contributed by atoms with Gasteiger partial charge in [-0.1, -0.05) is 12.1 Å². The van der Waals surface area contributed by atoms with E-state index in [9.17, 15) is 4.79 Å². The molecule has 0 radical (unpaired) electrons. The highest BCUT2D eigenvalue weighted by Gasteiger charge is 2.32. The fourth-order valence-corrected chi connectivity index (χ4v) is 2.87. The van der Waals surface area contributed by atoms with Crippen molar-refractivity contribution in [2.24, 2.45) is 0 Å². The van der Waals surface area contributed by atoms with Gasteiger partial charge in [-0.05, 0) is 41.5 Å². The molecule has 19 heavy (non-hydrogen) atoms. The lowest BCUT2D eigenvalue weighted by atomic mass is 10.2. The van der Waals surface area contributed by atoms with Crippen molar-refractivity contribution in [1.82, 2.24) is 10.3 Å². The summed E-state index contributed by atoms with van der Waals surface area (Å²) in [6.45, 7) is 0.737. The van der Waals surface area contributed by atoms with Crippen LogP contribution in [-0.2, 0) is 4.79 Å². The molecule has 1 fully saturated rings. The zero-order chi connectivity index (χ0) is 13.4. The Bertz CT molecular complexity index is 644. The number of rotatable bonds is 2. The number of pyridine rings is 1. The number of carbonyl (C=O) groups is 1. The van der Waals surface area contributed by atoms with Gasteiger partial charge in [0.25, 0.3) is 0 Å². The van der Waals surface area contributed by atoms with Crippen LogP contribution in [-0.4, -0.2) is 30.5 Å². The minimum Gasteiger partial charge on any atom is -0.309 e. The van der Waals surface area contributed by atoms with Crippen LogP contribution in [0, 0.1) is 0 Å². The molecule has 1 aromatic carbocycles. The number of amides is 1. The van der Waals surface area contributed by atoms with E-state index >= 15 is 0 Å². The van der Waals surface area contributed by atoms with Gasteiger partial charge in [0, 0.05) is 22.6 Å². The maximum atomic E-state index is 12.3. The van der Waals surface area contributed by atoms with Gasteiger partial charge >= 0.3 is 0 Å². The lowest BCUT2D eigenvalue weighted by molar-refractivity contribution is -0.118. The molecule has 0 saturated carbocycles. The van der Waals surface area contributed by atoms with Crippen molar-refractivity contribution in [3.63, 3.8) is 0 Å². The van der Waals surface area contributed by atoms with E-state index in [0.717, 1.165) is 34.0 Å². The Kier molecular flexibility index (Phi) is 3.24. The first-order chi connectivity index (χ1) is 9.20. The summed E-state index contributed by atoms with van der Waals surface area (Å²) in [6, 6.07) is 7.87. The normalized spacial score (nSPS) is 19.4. The van der Waals surface area contributed by atoms with Gasteiger partial charge in [0.05, 0.1) is 17.2 Å². The topological polar surface area (TPSA) is 45.2 Å². The van der Waals surface area contributed by atoms with Crippen LogP contribution >= 0.6 is 15.9 Å². The molecule has 1 N–H and O–H groups in total. The highest BCUT2D eigenvalue weighted by atomic mass is 79.9. The predicted octanol–water partition coefficient (Wildman–Crippen LogP) is 2.32. The minimum absolute atomic E-state index is 0.0781. The summed E-state index contributed by atoms with van der Waals surface area (Å²) in [5.41, 5.74) is 1.77. The Balaban J connectivity index is 2.09. The van der Waals surface area contributed by atoms with E-state index in [0.29, 0.717) is 0 Å². The third-order valence-electron chi connectivity index (χ3n) is 3.50. The van der Waals surface area contributed by atoms with E-state index in [-0.39, 0.29) is 11.9 Å². The van der Waals surface area contributed by atoms with Gasteiger partial charge in [0.1, 0.15) is 0 Å². The van der Waals surface area contributed by atoms with E-state index in [1.54, 1.807) is 6.20 Å². The summed E-state index contributed by atoms with van der Waals surface area (Å²) < 4.78 is 0.943. The summed E-state index contributed by atoms with van der Waals surface area (Å²) >= 11 is 3.42. The number of likely N-dealkylation sites (N-methyl/N-ethyl adjacent to an activating group) is 1. The second-order valence-corrected chi connectivity index (χ2v) is 5.54. The predicted molar refractivity (Wildman–Crippen MR) is 79.3 cm³/mol. The van der Waals surface area contributed by atoms with Gasteiger partial charge in [-0.2, -0.15) is 0 Å². The average Bonchev–Trinajstić information content (AvgIpc) is 2.78. The number of para-hydroxylation sites is 1. The molecule has 1 unspecified atom stereocenters. The van der Waals surface area contributed by atoms with E-state index in [1.807, 2.05) is 36.2 Å². The summed E-state index contributed by atoms with van der Waals surface area (Å²) in [5.74, 6) is 0.125. The first-order valence-electron chi connectivity index (χ1n) is 6.23. The molecule has 1 amide bonds. The lowest BCUT2D eigenvalue weighted by Crippen LogP contribution is -2.36. The number of fused-ring (bicyclic) bond motifs is 1. The van der Waals surface area contributed by atoms with Gasteiger partial charge in [-0.3, -0.25) is 9.78 Å². The van der Waals surface area contributed by atoms with Crippen LogP contribution < -0.4 is 10.2 Å². The van der Waals surface area contributed by atoms with Crippen LogP contribution in [0.5, 0.6) is 0 Å². The number of nitrogens with one attached hydrogen (secondary N) is 1. The molecule has 1 saturated heterocycles. The molecule has 4 nitrogen and oxygen atoms in total. The van der Waals surface area contributed by atoms with Crippen LogP contribution in [0.1, 0.15) is 6.42 Å². The van der Waals surface area contributed by atoms with Crippen LogP contribution in [0.4, 0.5) is 5.69 Å². The number of hydrogen-bond donors (Lipinski definition) is 1. The van der Waals surface area contributed by atoms with Crippen molar-refractivity contribution in [2.75, 3.05) is 18.5 Å². The first-order valence-corrected chi connectivity index (χ1v) is 7.03. The maximum absolute atomic E-state index is 12.3. The molecule has 1 aliphatic rings. The number of anilines is 1. The molecule has 2 aromatic rings. The lowest BCUT2D eigenvalue weighted by Gasteiger charge is -2.18. The molecule has 3 rings (SSSR count). The van der Waals surface area contributed by atoms with Gasteiger partial charge in [-0.25, -0.2) is 0 Å². The summed E-state index contributed by atoms with van der Waals surface area (Å²) in [5, 5.41) is 4.09. The molecule has 1 aromatic heterocycles. The van der Waals surface area contributed by atoms with E-state index in [4.69, 9.17) is 0 Å². The Hall–Kier alpha value is -1.46. The monoisotopic (exact) mass is 319 g/mol. The molecule has 98 valence electrons. The van der Waals surface area contributed by atoms with Crippen molar-refractivity contribution in [2.45, 2.75) is 12.5 Å². The standard InChI is InChI=1S/C14H14BrN3O/c1-16-11-5-6-18(14(11)19)12-4-2-3-9-7-10(15)8-17-13(9)12/h2-4,7-8,11,16H,5-6H2,1H3. The van der Waals surface area contributed by atoms with E-state index in [2.05, 4.69) is 26.2 Å². The third kappa shape index (κ3) is 2.13. The largest absolute Gasteiger partial charge is 0.309 e.